The third-order valence-corrected chi connectivity index (χ3v) is 5.01. The van der Waals surface area contributed by atoms with Crippen molar-refractivity contribution in [3.05, 3.63) is 17.8 Å². The molecule has 0 N–H and O–H groups in total. The number of alkyl halides is 3. The Kier molecular flexibility index (Phi) is 4.76. The van der Waals surface area contributed by atoms with Gasteiger partial charge in [0.25, 0.3) is 0 Å². The number of urea groups is 1. The van der Waals surface area contributed by atoms with Crippen LogP contribution in [0.1, 0.15) is 37.7 Å². The molecular formula is C17H23F3N4O2. The highest BCUT2D eigenvalue weighted by Gasteiger charge is 2.52. The average molecular weight is 372 g/mol. The Hall–Kier alpha value is -2.03. The standard InChI is InChI=1S/C17H23F3N4O2/c1-12-9-13(26-17(18,19)20)10-21-14(12)23-11-16(7-5-4-6-8-16)24(15(23)25)22(2)3/h9-10H,4-8,11H2,1-3H3. The van der Waals surface area contributed by atoms with E-state index in [0.717, 1.165) is 38.3 Å². The molecule has 1 aliphatic heterocycles. The summed E-state index contributed by atoms with van der Waals surface area (Å²) in [6.45, 7) is 2.11. The molecule has 2 heterocycles. The Morgan fingerprint density at radius 2 is 1.88 bits per heavy atom. The molecule has 1 aliphatic carbocycles. The van der Waals surface area contributed by atoms with Gasteiger partial charge in [0.2, 0.25) is 0 Å². The molecule has 2 aliphatic rings. The van der Waals surface area contributed by atoms with Crippen LogP contribution < -0.4 is 9.64 Å². The van der Waals surface area contributed by atoms with Crippen molar-refractivity contribution < 1.29 is 22.7 Å². The highest BCUT2D eigenvalue weighted by atomic mass is 19.4. The Morgan fingerprint density at radius 1 is 1.23 bits per heavy atom. The van der Waals surface area contributed by atoms with Gasteiger partial charge in [-0.15, -0.1) is 13.2 Å². The number of halogens is 3. The monoisotopic (exact) mass is 372 g/mol. The number of aromatic nitrogens is 1. The largest absolute Gasteiger partial charge is 0.573 e. The van der Waals surface area contributed by atoms with Gasteiger partial charge in [-0.05, 0) is 31.4 Å². The van der Waals surface area contributed by atoms with Crippen molar-refractivity contribution >= 4 is 11.8 Å². The lowest BCUT2D eigenvalue weighted by Gasteiger charge is -2.42. The molecule has 1 saturated heterocycles. The van der Waals surface area contributed by atoms with Gasteiger partial charge in [-0.1, -0.05) is 19.3 Å². The summed E-state index contributed by atoms with van der Waals surface area (Å²) in [7, 11) is 3.66. The van der Waals surface area contributed by atoms with Gasteiger partial charge in [0, 0.05) is 14.1 Å². The Bertz CT molecular complexity index is 687. The summed E-state index contributed by atoms with van der Waals surface area (Å²) >= 11 is 0. The maximum Gasteiger partial charge on any atom is 0.573 e. The minimum absolute atomic E-state index is 0.197. The number of aryl methyl sites for hydroxylation is 1. The number of carbonyl (C=O) groups excluding carboxylic acids is 1. The van der Waals surface area contributed by atoms with Crippen molar-refractivity contribution in [2.45, 2.75) is 50.9 Å². The number of hydrogen-bond donors (Lipinski definition) is 0. The number of pyridine rings is 1. The first-order valence-corrected chi connectivity index (χ1v) is 8.64. The van der Waals surface area contributed by atoms with E-state index < -0.39 is 6.36 Å². The minimum atomic E-state index is -4.77. The minimum Gasteiger partial charge on any atom is -0.404 e. The quantitative estimate of drug-likeness (QED) is 0.812. The van der Waals surface area contributed by atoms with E-state index in [-0.39, 0.29) is 17.3 Å². The molecule has 1 saturated carbocycles. The van der Waals surface area contributed by atoms with Gasteiger partial charge < -0.3 is 4.74 Å². The fourth-order valence-corrected chi connectivity index (χ4v) is 4.10. The van der Waals surface area contributed by atoms with Crippen molar-refractivity contribution in [3.63, 3.8) is 0 Å². The van der Waals surface area contributed by atoms with Gasteiger partial charge in [0.05, 0.1) is 18.3 Å². The Balaban J connectivity index is 1.90. The van der Waals surface area contributed by atoms with Crippen LogP contribution in [0, 0.1) is 6.92 Å². The van der Waals surface area contributed by atoms with Gasteiger partial charge in [-0.2, -0.15) is 0 Å². The second kappa shape index (κ2) is 6.61. The third-order valence-electron chi connectivity index (χ3n) is 5.01. The van der Waals surface area contributed by atoms with Crippen LogP contribution in [0.5, 0.6) is 5.75 Å². The number of ether oxygens (including phenoxy) is 1. The second-order valence-electron chi connectivity index (χ2n) is 7.17. The number of carbonyl (C=O) groups is 1. The van der Waals surface area contributed by atoms with Crippen molar-refractivity contribution in [3.8, 4) is 5.75 Å². The van der Waals surface area contributed by atoms with Crippen LogP contribution in [0.15, 0.2) is 12.3 Å². The first-order valence-electron chi connectivity index (χ1n) is 8.64. The molecule has 2 amide bonds. The van der Waals surface area contributed by atoms with Crippen LogP contribution in [-0.2, 0) is 0 Å². The molecule has 0 bridgehead atoms. The normalized spacial score (nSPS) is 20.3. The van der Waals surface area contributed by atoms with E-state index in [9.17, 15) is 18.0 Å². The predicted molar refractivity (Wildman–Crippen MR) is 89.7 cm³/mol. The molecule has 1 aromatic heterocycles. The highest BCUT2D eigenvalue weighted by molar-refractivity contribution is 5.94. The molecular weight excluding hydrogens is 349 g/mol. The summed E-state index contributed by atoms with van der Waals surface area (Å²) in [6.07, 6.45) is 1.30. The van der Waals surface area contributed by atoms with Crippen LogP contribution >= 0.6 is 0 Å². The van der Waals surface area contributed by atoms with Crippen LogP contribution in [0.25, 0.3) is 0 Å². The predicted octanol–water partition coefficient (Wildman–Crippen LogP) is 3.71. The maximum atomic E-state index is 13.0. The van der Waals surface area contributed by atoms with Crippen LogP contribution in [-0.4, -0.2) is 53.6 Å². The lowest BCUT2D eigenvalue weighted by atomic mass is 9.82. The van der Waals surface area contributed by atoms with Gasteiger partial charge >= 0.3 is 12.4 Å². The number of rotatable bonds is 3. The topological polar surface area (TPSA) is 48.9 Å². The molecule has 9 heteroatoms. The number of amides is 2. The van der Waals surface area contributed by atoms with Crippen LogP contribution in [0.3, 0.4) is 0 Å². The zero-order chi connectivity index (χ0) is 19.1. The zero-order valence-corrected chi connectivity index (χ0v) is 15.1. The molecule has 6 nitrogen and oxygen atoms in total. The molecule has 1 aromatic rings. The number of hydrazine groups is 1. The smallest absolute Gasteiger partial charge is 0.404 e. The lowest BCUT2D eigenvalue weighted by molar-refractivity contribution is -0.274. The molecule has 1 spiro atoms. The van der Waals surface area contributed by atoms with Crippen molar-refractivity contribution in [1.29, 1.82) is 0 Å². The van der Waals surface area contributed by atoms with Gasteiger partial charge in [0.15, 0.2) is 0 Å². The second-order valence-corrected chi connectivity index (χ2v) is 7.17. The van der Waals surface area contributed by atoms with Crippen molar-refractivity contribution in [2.75, 3.05) is 25.5 Å². The number of anilines is 1. The third kappa shape index (κ3) is 3.44. The summed E-state index contributed by atoms with van der Waals surface area (Å²) in [5.74, 6) is -0.0129. The maximum absolute atomic E-state index is 13.0. The van der Waals surface area contributed by atoms with Gasteiger partial charge in [-0.25, -0.2) is 19.8 Å². The molecule has 0 radical (unpaired) electrons. The molecule has 26 heavy (non-hydrogen) atoms. The van der Waals surface area contributed by atoms with Gasteiger partial charge in [0.1, 0.15) is 11.6 Å². The first kappa shape index (κ1) is 18.8. The number of nitrogens with zero attached hydrogens (tertiary/aromatic N) is 4. The van der Waals surface area contributed by atoms with Crippen LogP contribution in [0.4, 0.5) is 23.8 Å². The highest BCUT2D eigenvalue weighted by Crippen LogP contribution is 2.41. The first-order chi connectivity index (χ1) is 12.1. The SMILES string of the molecule is Cc1cc(OC(F)(F)F)cnc1N1CC2(CCCCC2)N(N(C)C)C1=O. The summed E-state index contributed by atoms with van der Waals surface area (Å²) in [6, 6.07) is 1.06. The summed E-state index contributed by atoms with van der Waals surface area (Å²) in [5, 5.41) is 3.57. The molecule has 0 unspecified atom stereocenters. The molecule has 0 aromatic carbocycles. The summed E-state index contributed by atoms with van der Waals surface area (Å²) in [5.41, 5.74) is 0.181. The molecule has 3 rings (SSSR count). The Morgan fingerprint density at radius 3 is 2.42 bits per heavy atom. The van der Waals surface area contributed by atoms with Gasteiger partial charge in [-0.3, -0.25) is 4.90 Å². The van der Waals surface area contributed by atoms with E-state index >= 15 is 0 Å². The van der Waals surface area contributed by atoms with E-state index in [1.54, 1.807) is 21.8 Å². The van der Waals surface area contributed by atoms with Crippen molar-refractivity contribution in [1.82, 2.24) is 15.0 Å². The van der Waals surface area contributed by atoms with E-state index in [4.69, 9.17) is 0 Å². The number of hydrogen-bond acceptors (Lipinski definition) is 4. The van der Waals surface area contributed by atoms with E-state index in [1.165, 1.54) is 6.07 Å². The van der Waals surface area contributed by atoms with E-state index in [2.05, 4.69) is 9.72 Å². The van der Waals surface area contributed by atoms with E-state index in [1.807, 2.05) is 14.1 Å². The molecule has 2 fully saturated rings. The molecule has 144 valence electrons. The average Bonchev–Trinajstić information content (AvgIpc) is 2.78. The van der Waals surface area contributed by atoms with Crippen LogP contribution in [0.2, 0.25) is 0 Å². The zero-order valence-electron chi connectivity index (χ0n) is 15.1. The lowest BCUT2D eigenvalue weighted by Crippen LogP contribution is -2.54. The summed E-state index contributed by atoms with van der Waals surface area (Å²) < 4.78 is 41.1. The fourth-order valence-electron chi connectivity index (χ4n) is 4.10. The Labute approximate surface area is 150 Å². The van der Waals surface area contributed by atoms with Crippen molar-refractivity contribution in [2.24, 2.45) is 0 Å². The fraction of sp³-hybridized carbons (Fsp3) is 0.647. The van der Waals surface area contributed by atoms with E-state index in [0.29, 0.717) is 17.9 Å². The molecule has 0 atom stereocenters. The summed E-state index contributed by atoms with van der Waals surface area (Å²) in [4.78, 5) is 18.7.